The van der Waals surface area contributed by atoms with Crippen LogP contribution in [0.15, 0.2) is 70.2 Å². The van der Waals surface area contributed by atoms with Crippen LogP contribution in [-0.2, 0) is 21.4 Å². The van der Waals surface area contributed by atoms with Crippen LogP contribution in [0.1, 0.15) is 19.6 Å². The Kier molecular flexibility index (Phi) is 5.86. The molecule has 0 aliphatic carbocycles. The van der Waals surface area contributed by atoms with E-state index >= 15 is 0 Å². The van der Waals surface area contributed by atoms with Crippen molar-refractivity contribution in [2.24, 2.45) is 5.92 Å². The number of carbonyl (C=O) groups is 1. The standard InChI is InChI=1S/C21H24N2O4S/c1-15(2)20(21(24)23(3)14-18-9-6-12-27-18)22-28(25,26)19-11-10-16-7-4-5-8-17(16)13-19/h4-13,15,20,22H,14H2,1-3H3. The smallest absolute Gasteiger partial charge is 0.241 e. The maximum Gasteiger partial charge on any atom is 0.241 e. The third-order valence-electron chi connectivity index (χ3n) is 4.60. The van der Waals surface area contributed by atoms with Crippen molar-refractivity contribution >= 4 is 26.7 Å². The highest BCUT2D eigenvalue weighted by molar-refractivity contribution is 7.89. The molecule has 1 amide bonds. The summed E-state index contributed by atoms with van der Waals surface area (Å²) >= 11 is 0. The summed E-state index contributed by atoms with van der Waals surface area (Å²) in [6.07, 6.45) is 1.54. The zero-order valence-corrected chi connectivity index (χ0v) is 16.9. The normalized spacial score (nSPS) is 13.0. The predicted molar refractivity (Wildman–Crippen MR) is 108 cm³/mol. The Balaban J connectivity index is 1.82. The van der Waals surface area contributed by atoms with Gasteiger partial charge in [0.05, 0.1) is 17.7 Å². The van der Waals surface area contributed by atoms with Crippen molar-refractivity contribution in [2.75, 3.05) is 7.05 Å². The monoisotopic (exact) mass is 400 g/mol. The maximum absolute atomic E-state index is 12.9. The van der Waals surface area contributed by atoms with E-state index in [2.05, 4.69) is 4.72 Å². The van der Waals surface area contributed by atoms with Crippen molar-refractivity contribution in [1.29, 1.82) is 0 Å². The van der Waals surface area contributed by atoms with E-state index in [0.717, 1.165) is 10.8 Å². The molecule has 1 aromatic heterocycles. The van der Waals surface area contributed by atoms with Gasteiger partial charge in [-0.25, -0.2) is 8.42 Å². The summed E-state index contributed by atoms with van der Waals surface area (Å²) in [4.78, 5) is 14.5. The third-order valence-corrected chi connectivity index (χ3v) is 6.03. The van der Waals surface area contributed by atoms with Gasteiger partial charge < -0.3 is 9.32 Å². The van der Waals surface area contributed by atoms with Gasteiger partial charge in [0.15, 0.2) is 0 Å². The molecular weight excluding hydrogens is 376 g/mol. The zero-order chi connectivity index (χ0) is 20.3. The number of benzene rings is 2. The molecule has 0 bridgehead atoms. The minimum atomic E-state index is -3.86. The molecule has 2 aromatic carbocycles. The van der Waals surface area contributed by atoms with Crippen LogP contribution in [0, 0.1) is 5.92 Å². The van der Waals surface area contributed by atoms with E-state index in [4.69, 9.17) is 4.42 Å². The topological polar surface area (TPSA) is 79.6 Å². The number of carbonyl (C=O) groups excluding carboxylic acids is 1. The first kappa shape index (κ1) is 20.1. The molecule has 0 radical (unpaired) electrons. The van der Waals surface area contributed by atoms with Crippen LogP contribution in [0.4, 0.5) is 0 Å². The molecule has 0 aliphatic heterocycles. The minimum Gasteiger partial charge on any atom is -0.467 e. The number of sulfonamides is 1. The van der Waals surface area contributed by atoms with Crippen molar-refractivity contribution in [3.05, 3.63) is 66.6 Å². The Morgan fingerprint density at radius 3 is 2.43 bits per heavy atom. The molecule has 7 heteroatoms. The molecule has 148 valence electrons. The van der Waals surface area contributed by atoms with Crippen LogP contribution < -0.4 is 4.72 Å². The molecule has 1 unspecified atom stereocenters. The number of fused-ring (bicyclic) bond motifs is 1. The lowest BCUT2D eigenvalue weighted by Crippen LogP contribution is -2.49. The van der Waals surface area contributed by atoms with Crippen LogP contribution in [0.5, 0.6) is 0 Å². The number of furan rings is 1. The summed E-state index contributed by atoms with van der Waals surface area (Å²) in [5.74, 6) is 0.105. The van der Waals surface area contributed by atoms with Crippen LogP contribution >= 0.6 is 0 Å². The Hall–Kier alpha value is -2.64. The average Bonchev–Trinajstić information content (AvgIpc) is 3.18. The Bertz CT molecular complexity index is 1060. The van der Waals surface area contributed by atoms with Crippen molar-refractivity contribution in [1.82, 2.24) is 9.62 Å². The van der Waals surface area contributed by atoms with Gasteiger partial charge in [-0.3, -0.25) is 4.79 Å². The van der Waals surface area contributed by atoms with Crippen LogP contribution in [0.3, 0.4) is 0 Å². The van der Waals surface area contributed by atoms with Crippen molar-refractivity contribution in [3.63, 3.8) is 0 Å². The number of hydrogen-bond donors (Lipinski definition) is 1. The molecule has 0 spiro atoms. The van der Waals surface area contributed by atoms with E-state index in [-0.39, 0.29) is 23.3 Å². The van der Waals surface area contributed by atoms with Crippen LogP contribution in [0.25, 0.3) is 10.8 Å². The fourth-order valence-corrected chi connectivity index (χ4v) is 4.37. The SMILES string of the molecule is CC(C)C(NS(=O)(=O)c1ccc2ccccc2c1)C(=O)N(C)Cc1ccco1. The summed E-state index contributed by atoms with van der Waals surface area (Å²) in [6, 6.07) is 15.1. The maximum atomic E-state index is 12.9. The summed E-state index contributed by atoms with van der Waals surface area (Å²) in [5.41, 5.74) is 0. The summed E-state index contributed by atoms with van der Waals surface area (Å²) < 4.78 is 33.7. The molecule has 3 aromatic rings. The molecule has 1 N–H and O–H groups in total. The second kappa shape index (κ2) is 8.16. The highest BCUT2D eigenvalue weighted by Gasteiger charge is 2.30. The molecule has 0 saturated carbocycles. The number of nitrogens with zero attached hydrogens (tertiary/aromatic N) is 1. The second-order valence-corrected chi connectivity index (χ2v) is 8.84. The van der Waals surface area contributed by atoms with E-state index < -0.39 is 16.1 Å². The van der Waals surface area contributed by atoms with Crippen molar-refractivity contribution in [2.45, 2.75) is 31.3 Å². The molecule has 0 aliphatic rings. The van der Waals surface area contributed by atoms with E-state index in [0.29, 0.717) is 5.76 Å². The number of rotatable bonds is 7. The van der Waals surface area contributed by atoms with E-state index in [1.807, 2.05) is 38.1 Å². The van der Waals surface area contributed by atoms with Crippen LogP contribution in [0.2, 0.25) is 0 Å². The lowest BCUT2D eigenvalue weighted by Gasteiger charge is -2.26. The van der Waals surface area contributed by atoms with Crippen LogP contribution in [-0.4, -0.2) is 32.3 Å². The lowest BCUT2D eigenvalue weighted by atomic mass is 10.0. The van der Waals surface area contributed by atoms with Gasteiger partial charge in [0.2, 0.25) is 15.9 Å². The highest BCUT2D eigenvalue weighted by atomic mass is 32.2. The van der Waals surface area contributed by atoms with Gasteiger partial charge in [0.25, 0.3) is 0 Å². The van der Waals surface area contributed by atoms with E-state index in [9.17, 15) is 13.2 Å². The molecule has 3 rings (SSSR count). The number of likely N-dealkylation sites (N-methyl/N-ethyl adjacent to an activating group) is 1. The molecular formula is C21H24N2O4S. The van der Waals surface area contributed by atoms with Gasteiger partial charge in [0, 0.05) is 7.05 Å². The first-order chi connectivity index (χ1) is 13.3. The number of amides is 1. The van der Waals surface area contributed by atoms with Gasteiger partial charge in [-0.05, 0) is 41.0 Å². The minimum absolute atomic E-state index is 0.137. The van der Waals surface area contributed by atoms with Gasteiger partial charge >= 0.3 is 0 Å². The quantitative estimate of drug-likeness (QED) is 0.659. The highest BCUT2D eigenvalue weighted by Crippen LogP contribution is 2.20. The summed E-state index contributed by atoms with van der Waals surface area (Å²) in [7, 11) is -2.23. The fourth-order valence-electron chi connectivity index (χ4n) is 2.99. The third kappa shape index (κ3) is 4.43. The summed E-state index contributed by atoms with van der Waals surface area (Å²) in [6.45, 7) is 3.89. The Morgan fingerprint density at radius 2 is 1.79 bits per heavy atom. The molecule has 0 fully saturated rings. The fraction of sp³-hybridized carbons (Fsp3) is 0.286. The summed E-state index contributed by atoms with van der Waals surface area (Å²) in [5, 5.41) is 1.78. The molecule has 1 atom stereocenters. The number of nitrogens with one attached hydrogen (secondary N) is 1. The molecule has 28 heavy (non-hydrogen) atoms. The van der Waals surface area contributed by atoms with Gasteiger partial charge in [0.1, 0.15) is 11.8 Å². The average molecular weight is 401 g/mol. The van der Waals surface area contributed by atoms with Crippen molar-refractivity contribution < 1.29 is 17.6 Å². The lowest BCUT2D eigenvalue weighted by molar-refractivity contribution is -0.133. The van der Waals surface area contributed by atoms with E-state index in [1.165, 1.54) is 11.2 Å². The van der Waals surface area contributed by atoms with E-state index in [1.54, 1.807) is 37.4 Å². The zero-order valence-electron chi connectivity index (χ0n) is 16.1. The molecule has 6 nitrogen and oxygen atoms in total. The Morgan fingerprint density at radius 1 is 1.07 bits per heavy atom. The largest absolute Gasteiger partial charge is 0.467 e. The first-order valence-electron chi connectivity index (χ1n) is 9.06. The first-order valence-corrected chi connectivity index (χ1v) is 10.5. The van der Waals surface area contributed by atoms with Gasteiger partial charge in [-0.15, -0.1) is 0 Å². The molecule has 1 heterocycles. The van der Waals surface area contributed by atoms with Gasteiger partial charge in [-0.2, -0.15) is 4.72 Å². The number of hydrogen-bond acceptors (Lipinski definition) is 4. The second-order valence-electron chi connectivity index (χ2n) is 7.13. The van der Waals surface area contributed by atoms with Crippen molar-refractivity contribution in [3.8, 4) is 0 Å². The Labute approximate surface area is 165 Å². The predicted octanol–water partition coefficient (Wildman–Crippen LogP) is 3.39. The van der Waals surface area contributed by atoms with Gasteiger partial charge in [-0.1, -0.05) is 44.2 Å². The molecule has 0 saturated heterocycles.